The molecule has 0 atom stereocenters. The summed E-state index contributed by atoms with van der Waals surface area (Å²) >= 11 is 0. The summed E-state index contributed by atoms with van der Waals surface area (Å²) in [5, 5.41) is 20.9. The van der Waals surface area contributed by atoms with Crippen LogP contribution < -0.4 is 9.44 Å². The van der Waals surface area contributed by atoms with Crippen LogP contribution in [0.5, 0.6) is 11.5 Å². The summed E-state index contributed by atoms with van der Waals surface area (Å²) in [5.41, 5.74) is -7.99. The number of phenols is 2. The highest BCUT2D eigenvalue weighted by atomic mass is 32.2. The van der Waals surface area contributed by atoms with Gasteiger partial charge in [-0.1, -0.05) is 47.5 Å². The number of phenolic OH excluding ortho intramolecular Hbond substituents is 2. The van der Waals surface area contributed by atoms with Crippen molar-refractivity contribution in [3.05, 3.63) is 107 Å². The predicted octanol–water partition coefficient (Wildman–Crippen LogP) is 6.73. The molecule has 0 aromatic heterocycles. The Balaban J connectivity index is 1.80. The van der Waals surface area contributed by atoms with E-state index in [1.807, 2.05) is 9.44 Å². The van der Waals surface area contributed by atoms with Gasteiger partial charge in [-0.15, -0.1) is 0 Å². The minimum Gasteiger partial charge on any atom is -0.506 e. The second kappa shape index (κ2) is 11.5. The number of aromatic hydroxyl groups is 2. The van der Waals surface area contributed by atoms with Crippen LogP contribution >= 0.6 is 0 Å². The van der Waals surface area contributed by atoms with Gasteiger partial charge in [-0.3, -0.25) is 9.44 Å². The van der Waals surface area contributed by atoms with Gasteiger partial charge in [-0.2, -0.15) is 26.3 Å². The van der Waals surface area contributed by atoms with E-state index in [0.29, 0.717) is 35.4 Å². The first kappa shape index (κ1) is 33.5. The van der Waals surface area contributed by atoms with E-state index in [-0.39, 0.29) is 21.9 Å². The summed E-state index contributed by atoms with van der Waals surface area (Å²) in [5.74, 6) is -2.51. The largest absolute Gasteiger partial charge is 0.506 e. The maximum atomic E-state index is 14.7. The number of alkyl halides is 6. The van der Waals surface area contributed by atoms with Crippen LogP contribution in [-0.4, -0.2) is 39.4 Å². The Bertz CT molecular complexity index is 1800. The van der Waals surface area contributed by atoms with Crippen molar-refractivity contribution in [1.82, 2.24) is 0 Å². The molecule has 4 N–H and O–H groups in total. The fourth-order valence-electron chi connectivity index (χ4n) is 4.53. The van der Waals surface area contributed by atoms with Crippen LogP contribution in [0.3, 0.4) is 0 Å². The van der Waals surface area contributed by atoms with Crippen LogP contribution in [0.1, 0.15) is 22.3 Å². The van der Waals surface area contributed by atoms with Crippen LogP contribution in [-0.2, 0) is 25.5 Å². The van der Waals surface area contributed by atoms with Crippen LogP contribution in [0.2, 0.25) is 0 Å². The van der Waals surface area contributed by atoms with Crippen LogP contribution in [0.15, 0.2) is 94.7 Å². The van der Waals surface area contributed by atoms with E-state index >= 15 is 0 Å². The highest BCUT2D eigenvalue weighted by Crippen LogP contribution is 2.57. The lowest BCUT2D eigenvalue weighted by Gasteiger charge is -2.38. The SMILES string of the molecule is Cc1ccc(S(=O)(=O)Nc2ccc(C(c3ccc(NS(=O)(=O)c4ccc(C)cc4)c(O)c3)(C(F)(F)F)C(F)(F)F)cc2O)cc1. The van der Waals surface area contributed by atoms with Crippen molar-refractivity contribution in [3.63, 3.8) is 0 Å². The molecule has 0 unspecified atom stereocenters. The molecule has 0 aliphatic heterocycles. The van der Waals surface area contributed by atoms with Gasteiger partial charge in [0.15, 0.2) is 0 Å². The summed E-state index contributed by atoms with van der Waals surface area (Å²) in [4.78, 5) is -0.574. The first-order valence-electron chi connectivity index (χ1n) is 12.7. The maximum absolute atomic E-state index is 14.7. The van der Waals surface area contributed by atoms with E-state index in [4.69, 9.17) is 0 Å². The number of sulfonamides is 2. The topological polar surface area (TPSA) is 133 Å². The van der Waals surface area contributed by atoms with Crippen LogP contribution in [0.25, 0.3) is 0 Å². The van der Waals surface area contributed by atoms with Gasteiger partial charge in [0, 0.05) is 0 Å². The van der Waals surface area contributed by atoms with Gasteiger partial charge in [0.25, 0.3) is 20.0 Å². The van der Waals surface area contributed by atoms with E-state index < -0.39 is 71.8 Å². The van der Waals surface area contributed by atoms with Crippen molar-refractivity contribution in [2.45, 2.75) is 41.4 Å². The zero-order valence-electron chi connectivity index (χ0n) is 23.2. The van der Waals surface area contributed by atoms with E-state index in [1.165, 1.54) is 48.5 Å². The quantitative estimate of drug-likeness (QED) is 0.121. The number of anilines is 2. The number of halogens is 6. The summed E-state index contributed by atoms with van der Waals surface area (Å²) in [6, 6.07) is 12.6. The minimum atomic E-state index is -6.14. The van der Waals surface area contributed by atoms with Crippen molar-refractivity contribution < 1.29 is 53.4 Å². The third kappa shape index (κ3) is 6.38. The lowest BCUT2D eigenvalue weighted by Crippen LogP contribution is -2.54. The minimum absolute atomic E-state index is 0.110. The van der Waals surface area contributed by atoms with Crippen molar-refractivity contribution in [2.75, 3.05) is 9.44 Å². The van der Waals surface area contributed by atoms with Crippen molar-refractivity contribution in [1.29, 1.82) is 0 Å². The lowest BCUT2D eigenvalue weighted by molar-refractivity contribution is -0.288. The van der Waals surface area contributed by atoms with Gasteiger partial charge in [0.1, 0.15) is 11.5 Å². The molecule has 0 saturated carbocycles. The molecular formula is C29H24F6N2O6S2. The third-order valence-electron chi connectivity index (χ3n) is 6.86. The molecule has 4 aromatic carbocycles. The molecule has 0 aliphatic rings. The summed E-state index contributed by atoms with van der Waals surface area (Å²) in [6.07, 6.45) is -12.3. The Morgan fingerprint density at radius 1 is 0.533 bits per heavy atom. The van der Waals surface area contributed by atoms with Crippen molar-refractivity contribution in [2.24, 2.45) is 0 Å². The Hall–Kier alpha value is -4.44. The zero-order valence-corrected chi connectivity index (χ0v) is 24.8. The summed E-state index contributed by atoms with van der Waals surface area (Å²) in [6.45, 7) is 3.36. The highest BCUT2D eigenvalue weighted by Gasteiger charge is 2.72. The average Bonchev–Trinajstić information content (AvgIpc) is 2.91. The number of rotatable bonds is 8. The molecule has 0 bridgehead atoms. The normalized spacial score (nSPS) is 13.0. The molecule has 0 saturated heterocycles. The van der Waals surface area contributed by atoms with E-state index in [2.05, 4.69) is 0 Å². The number of benzene rings is 4. The van der Waals surface area contributed by atoms with E-state index in [9.17, 15) is 53.4 Å². The second-order valence-electron chi connectivity index (χ2n) is 10.0. The fraction of sp³-hybridized carbons (Fsp3) is 0.172. The molecule has 0 spiro atoms. The first-order valence-corrected chi connectivity index (χ1v) is 15.6. The molecule has 16 heteroatoms. The number of nitrogens with one attached hydrogen (secondary N) is 2. The van der Waals surface area contributed by atoms with Crippen molar-refractivity contribution >= 4 is 31.4 Å². The zero-order chi connectivity index (χ0) is 33.6. The first-order chi connectivity index (χ1) is 20.7. The molecule has 4 aromatic rings. The molecule has 0 fully saturated rings. The Morgan fingerprint density at radius 2 is 0.844 bits per heavy atom. The van der Waals surface area contributed by atoms with E-state index in [1.54, 1.807) is 13.8 Å². The van der Waals surface area contributed by atoms with Gasteiger partial charge in [0.05, 0.1) is 21.2 Å². The monoisotopic (exact) mass is 674 g/mol. The van der Waals surface area contributed by atoms with Gasteiger partial charge < -0.3 is 10.2 Å². The molecule has 0 amide bonds. The Morgan fingerprint density at radius 3 is 1.11 bits per heavy atom. The fourth-order valence-corrected chi connectivity index (χ4v) is 6.68. The van der Waals surface area contributed by atoms with Gasteiger partial charge >= 0.3 is 12.4 Å². The third-order valence-corrected chi connectivity index (χ3v) is 9.63. The van der Waals surface area contributed by atoms with Gasteiger partial charge in [-0.05, 0) is 73.5 Å². The van der Waals surface area contributed by atoms with Crippen LogP contribution in [0.4, 0.5) is 37.7 Å². The number of aryl methyl sites for hydroxylation is 2. The molecular weight excluding hydrogens is 650 g/mol. The summed E-state index contributed by atoms with van der Waals surface area (Å²) < 4.78 is 143. The van der Waals surface area contributed by atoms with Gasteiger partial charge in [0.2, 0.25) is 5.41 Å². The standard InChI is InChI=1S/C29H24F6N2O6S2/c1-17-3-9-21(10-4-17)44(40,41)36-23-13-7-19(15-25(23)38)27(28(30,31)32,29(33,34)35)20-8-14-24(26(39)16-20)37-45(42,43)22-11-5-18(2)6-12-22/h3-16,36-39H,1-2H3. The predicted molar refractivity (Wildman–Crippen MR) is 153 cm³/mol. The second-order valence-corrected chi connectivity index (χ2v) is 13.4. The Kier molecular flexibility index (Phi) is 8.54. The number of hydrogen-bond donors (Lipinski definition) is 4. The average molecular weight is 675 g/mol. The van der Waals surface area contributed by atoms with Crippen molar-refractivity contribution in [3.8, 4) is 11.5 Å². The molecule has 4 rings (SSSR count). The molecule has 0 aliphatic carbocycles. The lowest BCUT2D eigenvalue weighted by atomic mass is 9.72. The molecule has 0 heterocycles. The smallest absolute Gasteiger partial charge is 0.411 e. The van der Waals surface area contributed by atoms with Crippen LogP contribution in [0, 0.1) is 13.8 Å². The molecule has 8 nitrogen and oxygen atoms in total. The molecule has 240 valence electrons. The maximum Gasteiger partial charge on any atom is 0.411 e. The van der Waals surface area contributed by atoms with Gasteiger partial charge in [-0.25, -0.2) is 16.8 Å². The molecule has 0 radical (unpaired) electrons. The van der Waals surface area contributed by atoms with E-state index in [0.717, 1.165) is 0 Å². The molecule has 45 heavy (non-hydrogen) atoms. The highest BCUT2D eigenvalue weighted by molar-refractivity contribution is 7.93. The summed E-state index contributed by atoms with van der Waals surface area (Å²) in [7, 11) is -8.80. The number of hydrogen-bond acceptors (Lipinski definition) is 6. The Labute approximate surface area is 254 Å².